The van der Waals surface area contributed by atoms with Crippen LogP contribution in [0.1, 0.15) is 31.2 Å². The van der Waals surface area contributed by atoms with Gasteiger partial charge in [-0.05, 0) is 49.9 Å². The molecule has 1 aliphatic rings. The molecule has 1 aliphatic heterocycles. The van der Waals surface area contributed by atoms with Gasteiger partial charge in [-0.2, -0.15) is 0 Å². The van der Waals surface area contributed by atoms with Crippen molar-refractivity contribution in [2.24, 2.45) is 0 Å². The third-order valence-electron chi connectivity index (χ3n) is 3.70. The predicted octanol–water partition coefficient (Wildman–Crippen LogP) is 2.31. The minimum Gasteiger partial charge on any atom is -0.497 e. The largest absolute Gasteiger partial charge is 0.497 e. The Morgan fingerprint density at radius 3 is 3.00 bits per heavy atom. The van der Waals surface area contributed by atoms with E-state index in [-0.39, 0.29) is 24.4 Å². The Hall–Kier alpha value is -1.26. The van der Waals surface area contributed by atoms with E-state index in [1.807, 2.05) is 18.2 Å². The maximum Gasteiger partial charge on any atom is 0.237 e. The highest BCUT2D eigenvalue weighted by molar-refractivity contribution is 5.85. The van der Waals surface area contributed by atoms with Gasteiger partial charge in [0.15, 0.2) is 0 Å². The van der Waals surface area contributed by atoms with Crippen molar-refractivity contribution >= 4 is 18.3 Å². The topological polar surface area (TPSA) is 50.4 Å². The molecule has 118 valence electrons. The molecule has 5 heteroatoms. The van der Waals surface area contributed by atoms with E-state index in [9.17, 15) is 4.79 Å². The maximum absolute atomic E-state index is 11.9. The number of nitrogens with one attached hydrogen (secondary N) is 2. The number of aryl methyl sites for hydroxylation is 1. The number of amides is 1. The Morgan fingerprint density at radius 2 is 2.29 bits per heavy atom. The number of halogens is 1. The normalized spacial score (nSPS) is 17.7. The van der Waals surface area contributed by atoms with Gasteiger partial charge in [-0.1, -0.05) is 18.6 Å². The van der Waals surface area contributed by atoms with Crippen LogP contribution < -0.4 is 15.4 Å². The van der Waals surface area contributed by atoms with Gasteiger partial charge in [-0.3, -0.25) is 4.79 Å². The van der Waals surface area contributed by atoms with Gasteiger partial charge in [0, 0.05) is 6.54 Å². The van der Waals surface area contributed by atoms with E-state index in [1.54, 1.807) is 7.11 Å². The van der Waals surface area contributed by atoms with Gasteiger partial charge in [-0.15, -0.1) is 12.4 Å². The summed E-state index contributed by atoms with van der Waals surface area (Å²) in [6.07, 6.45) is 5.19. The van der Waals surface area contributed by atoms with Gasteiger partial charge >= 0.3 is 0 Å². The van der Waals surface area contributed by atoms with Crippen LogP contribution in [0.4, 0.5) is 0 Å². The molecule has 0 saturated carbocycles. The monoisotopic (exact) mass is 312 g/mol. The first kappa shape index (κ1) is 17.8. The van der Waals surface area contributed by atoms with Crippen LogP contribution in [0, 0.1) is 0 Å². The van der Waals surface area contributed by atoms with Crippen LogP contribution in [0.25, 0.3) is 0 Å². The second kappa shape index (κ2) is 9.64. The molecule has 1 aromatic carbocycles. The molecule has 0 spiro atoms. The molecule has 2 rings (SSSR count). The number of piperidine rings is 1. The van der Waals surface area contributed by atoms with E-state index in [0.717, 1.165) is 44.5 Å². The lowest BCUT2D eigenvalue weighted by atomic mass is 10.0. The molecule has 0 radical (unpaired) electrons. The first-order chi connectivity index (χ1) is 9.79. The van der Waals surface area contributed by atoms with E-state index in [4.69, 9.17) is 4.74 Å². The summed E-state index contributed by atoms with van der Waals surface area (Å²) in [5.74, 6) is 1.04. The zero-order valence-electron chi connectivity index (χ0n) is 12.6. The summed E-state index contributed by atoms with van der Waals surface area (Å²) >= 11 is 0. The Morgan fingerprint density at radius 1 is 1.43 bits per heavy atom. The number of hydrogen-bond acceptors (Lipinski definition) is 3. The number of carbonyl (C=O) groups excluding carboxylic acids is 1. The molecule has 1 aromatic rings. The average molecular weight is 313 g/mol. The van der Waals surface area contributed by atoms with Gasteiger partial charge in [0.25, 0.3) is 0 Å². The number of hydrogen-bond donors (Lipinski definition) is 2. The van der Waals surface area contributed by atoms with Gasteiger partial charge < -0.3 is 15.4 Å². The van der Waals surface area contributed by atoms with E-state index in [2.05, 4.69) is 16.7 Å². The fourth-order valence-corrected chi connectivity index (χ4v) is 2.53. The minimum absolute atomic E-state index is 0. The maximum atomic E-state index is 11.9. The minimum atomic E-state index is 0. The molecule has 1 unspecified atom stereocenters. The smallest absolute Gasteiger partial charge is 0.237 e. The molecule has 21 heavy (non-hydrogen) atoms. The Labute approximate surface area is 133 Å². The van der Waals surface area contributed by atoms with Gasteiger partial charge in [-0.25, -0.2) is 0 Å². The molecule has 2 N–H and O–H groups in total. The van der Waals surface area contributed by atoms with Crippen molar-refractivity contribution in [1.29, 1.82) is 0 Å². The SMILES string of the molecule is COc1cccc(CCCNC(=O)C2CCCCN2)c1.Cl. The molecular weight excluding hydrogens is 288 g/mol. The Kier molecular flexibility index (Phi) is 8.16. The highest BCUT2D eigenvalue weighted by atomic mass is 35.5. The predicted molar refractivity (Wildman–Crippen MR) is 87.2 cm³/mol. The average Bonchev–Trinajstić information content (AvgIpc) is 2.52. The molecule has 1 amide bonds. The number of rotatable bonds is 6. The van der Waals surface area contributed by atoms with Crippen LogP contribution in [0.3, 0.4) is 0 Å². The van der Waals surface area contributed by atoms with Gasteiger partial charge in [0.2, 0.25) is 5.91 Å². The third kappa shape index (κ3) is 5.94. The fraction of sp³-hybridized carbons (Fsp3) is 0.562. The zero-order valence-corrected chi connectivity index (χ0v) is 13.4. The van der Waals surface area contributed by atoms with E-state index < -0.39 is 0 Å². The summed E-state index contributed by atoms with van der Waals surface area (Å²) in [6, 6.07) is 8.09. The van der Waals surface area contributed by atoms with Crippen molar-refractivity contribution in [3.8, 4) is 5.75 Å². The highest BCUT2D eigenvalue weighted by Gasteiger charge is 2.19. The van der Waals surface area contributed by atoms with Crippen molar-refractivity contribution in [3.63, 3.8) is 0 Å². The van der Waals surface area contributed by atoms with Crippen LogP contribution in [0.15, 0.2) is 24.3 Å². The summed E-state index contributed by atoms with van der Waals surface area (Å²) in [5, 5.41) is 6.28. The zero-order chi connectivity index (χ0) is 14.2. The first-order valence-corrected chi connectivity index (χ1v) is 7.43. The molecule has 1 atom stereocenters. The summed E-state index contributed by atoms with van der Waals surface area (Å²) < 4.78 is 5.20. The van der Waals surface area contributed by atoms with E-state index in [1.165, 1.54) is 12.0 Å². The van der Waals surface area contributed by atoms with E-state index in [0.29, 0.717) is 0 Å². The van der Waals surface area contributed by atoms with Crippen LogP contribution in [-0.4, -0.2) is 32.1 Å². The van der Waals surface area contributed by atoms with Crippen molar-refractivity contribution in [2.75, 3.05) is 20.2 Å². The second-order valence-corrected chi connectivity index (χ2v) is 5.25. The van der Waals surface area contributed by atoms with Crippen LogP contribution in [0.2, 0.25) is 0 Å². The van der Waals surface area contributed by atoms with Crippen molar-refractivity contribution < 1.29 is 9.53 Å². The molecular formula is C16H25ClN2O2. The molecule has 0 aromatic heterocycles. The fourth-order valence-electron chi connectivity index (χ4n) is 2.53. The molecule has 0 bridgehead atoms. The number of methoxy groups -OCH3 is 1. The van der Waals surface area contributed by atoms with Crippen molar-refractivity contribution in [1.82, 2.24) is 10.6 Å². The molecule has 1 fully saturated rings. The Bertz CT molecular complexity index is 434. The Balaban J connectivity index is 0.00000220. The first-order valence-electron chi connectivity index (χ1n) is 7.43. The lowest BCUT2D eigenvalue weighted by molar-refractivity contribution is -0.123. The molecule has 1 saturated heterocycles. The van der Waals surface area contributed by atoms with Gasteiger partial charge in [0.1, 0.15) is 5.75 Å². The summed E-state index contributed by atoms with van der Waals surface area (Å²) in [5.41, 5.74) is 1.24. The summed E-state index contributed by atoms with van der Waals surface area (Å²) in [6.45, 7) is 1.69. The lowest BCUT2D eigenvalue weighted by Gasteiger charge is -2.22. The highest BCUT2D eigenvalue weighted by Crippen LogP contribution is 2.13. The third-order valence-corrected chi connectivity index (χ3v) is 3.70. The van der Waals surface area contributed by atoms with Crippen LogP contribution in [-0.2, 0) is 11.2 Å². The van der Waals surface area contributed by atoms with Gasteiger partial charge in [0.05, 0.1) is 13.2 Å². The summed E-state index contributed by atoms with van der Waals surface area (Å²) in [7, 11) is 1.68. The molecule has 1 heterocycles. The van der Waals surface area contributed by atoms with Crippen molar-refractivity contribution in [3.05, 3.63) is 29.8 Å². The quantitative estimate of drug-likeness (QED) is 0.793. The number of carbonyl (C=O) groups is 1. The van der Waals surface area contributed by atoms with Crippen molar-refractivity contribution in [2.45, 2.75) is 38.1 Å². The number of benzene rings is 1. The standard InChI is InChI=1S/C16H24N2O2.ClH/c1-20-14-8-4-6-13(12-14)7-5-11-18-16(19)15-9-2-3-10-17-15;/h4,6,8,12,15,17H,2-3,5,7,9-11H2,1H3,(H,18,19);1H. The lowest BCUT2D eigenvalue weighted by Crippen LogP contribution is -2.46. The molecule has 4 nitrogen and oxygen atoms in total. The second-order valence-electron chi connectivity index (χ2n) is 5.25. The summed E-state index contributed by atoms with van der Waals surface area (Å²) in [4.78, 5) is 11.9. The number of ether oxygens (including phenoxy) is 1. The van der Waals surface area contributed by atoms with Crippen LogP contribution in [0.5, 0.6) is 5.75 Å². The van der Waals surface area contributed by atoms with Crippen LogP contribution >= 0.6 is 12.4 Å². The van der Waals surface area contributed by atoms with E-state index >= 15 is 0 Å². The molecule has 0 aliphatic carbocycles.